The van der Waals surface area contributed by atoms with Crippen LogP contribution in [0.3, 0.4) is 0 Å². The summed E-state index contributed by atoms with van der Waals surface area (Å²) in [6.07, 6.45) is 0. The number of carbonyl (C=O) groups is 1. The zero-order chi connectivity index (χ0) is 12.7. The first-order chi connectivity index (χ1) is 8.68. The van der Waals surface area contributed by atoms with E-state index in [4.69, 9.17) is 0 Å². The van der Waals surface area contributed by atoms with Crippen LogP contribution in [-0.4, -0.2) is 16.0 Å². The first kappa shape index (κ1) is 11.5. The number of nitrogens with one attached hydrogen (secondary N) is 1. The Morgan fingerprint density at radius 3 is 2.78 bits per heavy atom. The second-order valence-electron chi connectivity index (χ2n) is 3.99. The summed E-state index contributed by atoms with van der Waals surface area (Å²) in [7, 11) is 0. The van der Waals surface area contributed by atoms with Crippen LogP contribution in [0, 0.1) is 6.92 Å². The van der Waals surface area contributed by atoms with Crippen LogP contribution < -0.4 is 0 Å². The summed E-state index contributed by atoms with van der Waals surface area (Å²) >= 11 is 5.82. The Kier molecular flexibility index (Phi) is 2.72. The van der Waals surface area contributed by atoms with Gasteiger partial charge in [0.25, 0.3) is 0 Å². The van der Waals surface area contributed by atoms with Crippen molar-refractivity contribution in [3.8, 4) is 0 Å². The highest BCUT2D eigenvalue weighted by atomic mass is 32.2. The fourth-order valence-electron chi connectivity index (χ4n) is 1.94. The molecule has 2 aromatic heterocycles. The van der Waals surface area contributed by atoms with Gasteiger partial charge in [0.05, 0.1) is 15.4 Å². The highest BCUT2D eigenvalue weighted by molar-refractivity contribution is 7.83. The lowest BCUT2D eigenvalue weighted by molar-refractivity contribution is 0.104. The molecule has 1 aromatic carbocycles. The van der Waals surface area contributed by atoms with E-state index in [0.717, 1.165) is 20.8 Å². The number of nitrogens with zero attached hydrogens (tertiary/aromatic N) is 1. The Bertz CT molecular complexity index is 728. The highest BCUT2D eigenvalue weighted by Crippen LogP contribution is 2.35. The van der Waals surface area contributed by atoms with Crippen molar-refractivity contribution < 1.29 is 4.79 Å². The smallest absolute Gasteiger partial charge is 0.205 e. The summed E-state index contributed by atoms with van der Waals surface area (Å²) in [6, 6.07) is 9.24. The molecule has 18 heavy (non-hydrogen) atoms. The molecule has 0 aliphatic carbocycles. The molecule has 3 aromatic rings. The Morgan fingerprint density at radius 2 is 2.06 bits per heavy atom. The number of carbonyl (C=O) groups excluding carboxylic acids is 1. The number of thiophene rings is 1. The average molecular weight is 274 g/mol. The van der Waals surface area contributed by atoms with Gasteiger partial charge in [0.1, 0.15) is 4.88 Å². The molecule has 0 amide bonds. The molecule has 0 aliphatic rings. The van der Waals surface area contributed by atoms with E-state index in [1.54, 1.807) is 0 Å². The third-order valence-electron chi connectivity index (χ3n) is 2.83. The number of aromatic amines is 1. The zero-order valence-electron chi connectivity index (χ0n) is 9.60. The monoisotopic (exact) mass is 274 g/mol. The maximum atomic E-state index is 12.4. The Labute approximate surface area is 113 Å². The van der Waals surface area contributed by atoms with Crippen LogP contribution in [0.4, 0.5) is 0 Å². The van der Waals surface area contributed by atoms with Crippen LogP contribution in [0.15, 0.2) is 34.5 Å². The van der Waals surface area contributed by atoms with Gasteiger partial charge in [0.2, 0.25) is 5.78 Å². The minimum absolute atomic E-state index is 0.00884. The lowest BCUT2D eigenvalue weighted by Crippen LogP contribution is -1.98. The van der Waals surface area contributed by atoms with E-state index >= 15 is 0 Å². The molecule has 0 atom stereocenters. The molecule has 1 N–H and O–H groups in total. The molecular formula is C13H10N2OS2. The standard InChI is InChI=1S/C13H10N2OS2/c1-7-9-10(15-14-7)12(18-13(9)17)11(16)8-5-3-2-4-6-8/h2-6,15,17H,1H3. The number of hydrogen-bond donors (Lipinski definition) is 2. The normalized spacial score (nSPS) is 11.0. The van der Waals surface area contributed by atoms with E-state index in [1.807, 2.05) is 37.3 Å². The van der Waals surface area contributed by atoms with E-state index in [0.29, 0.717) is 10.4 Å². The predicted molar refractivity (Wildman–Crippen MR) is 75.8 cm³/mol. The lowest BCUT2D eigenvalue weighted by Gasteiger charge is -1.97. The van der Waals surface area contributed by atoms with Gasteiger partial charge in [-0.1, -0.05) is 30.3 Å². The Hall–Kier alpha value is -1.59. The number of aromatic nitrogens is 2. The molecule has 3 nitrogen and oxygen atoms in total. The second kappa shape index (κ2) is 4.26. The number of rotatable bonds is 2. The molecule has 0 bridgehead atoms. The molecular weight excluding hydrogens is 264 g/mol. The first-order valence-corrected chi connectivity index (χ1v) is 6.71. The number of benzene rings is 1. The molecule has 5 heteroatoms. The van der Waals surface area contributed by atoms with Gasteiger partial charge >= 0.3 is 0 Å². The van der Waals surface area contributed by atoms with Crippen molar-refractivity contribution in [3.63, 3.8) is 0 Å². The van der Waals surface area contributed by atoms with Gasteiger partial charge in [-0.15, -0.1) is 24.0 Å². The largest absolute Gasteiger partial charge is 0.288 e. The highest BCUT2D eigenvalue weighted by Gasteiger charge is 2.20. The molecule has 0 aliphatic heterocycles. The number of H-pyrrole nitrogens is 1. The summed E-state index contributed by atoms with van der Waals surface area (Å²) in [5.74, 6) is 0.00884. The first-order valence-electron chi connectivity index (χ1n) is 5.44. The van der Waals surface area contributed by atoms with Gasteiger partial charge in [-0.3, -0.25) is 9.89 Å². The summed E-state index contributed by atoms with van der Waals surface area (Å²) in [5, 5.41) is 8.00. The van der Waals surface area contributed by atoms with E-state index in [2.05, 4.69) is 22.8 Å². The molecule has 3 rings (SSSR count). The fraction of sp³-hybridized carbons (Fsp3) is 0.0769. The van der Waals surface area contributed by atoms with E-state index in [-0.39, 0.29) is 5.78 Å². The average Bonchev–Trinajstić information content (AvgIpc) is 2.92. The number of hydrogen-bond acceptors (Lipinski definition) is 4. The van der Waals surface area contributed by atoms with Gasteiger partial charge in [-0.05, 0) is 6.92 Å². The van der Waals surface area contributed by atoms with Crippen molar-refractivity contribution in [1.82, 2.24) is 10.2 Å². The van der Waals surface area contributed by atoms with Crippen molar-refractivity contribution in [2.45, 2.75) is 11.1 Å². The van der Waals surface area contributed by atoms with Crippen LogP contribution in [0.25, 0.3) is 10.9 Å². The predicted octanol–water partition coefficient (Wildman–Crippen LogP) is 3.45. The van der Waals surface area contributed by atoms with Crippen molar-refractivity contribution in [2.24, 2.45) is 0 Å². The van der Waals surface area contributed by atoms with Crippen LogP contribution >= 0.6 is 24.0 Å². The molecule has 0 radical (unpaired) electrons. The number of ketones is 1. The quantitative estimate of drug-likeness (QED) is 0.555. The maximum Gasteiger partial charge on any atom is 0.205 e. The summed E-state index contributed by atoms with van der Waals surface area (Å²) in [4.78, 5) is 13.1. The maximum absolute atomic E-state index is 12.4. The van der Waals surface area contributed by atoms with Crippen molar-refractivity contribution in [3.05, 3.63) is 46.5 Å². The Balaban J connectivity index is 2.18. The second-order valence-corrected chi connectivity index (χ2v) is 5.76. The molecule has 90 valence electrons. The third kappa shape index (κ3) is 1.67. The van der Waals surface area contributed by atoms with Gasteiger partial charge in [0, 0.05) is 10.9 Å². The molecule has 0 fully saturated rings. The Morgan fingerprint density at radius 1 is 1.33 bits per heavy atom. The van der Waals surface area contributed by atoms with Crippen molar-refractivity contribution in [1.29, 1.82) is 0 Å². The summed E-state index contributed by atoms with van der Waals surface area (Å²) < 4.78 is 0.829. The zero-order valence-corrected chi connectivity index (χ0v) is 11.3. The third-order valence-corrected chi connectivity index (χ3v) is 4.32. The molecule has 0 spiro atoms. The summed E-state index contributed by atoms with van der Waals surface area (Å²) in [6.45, 7) is 1.90. The molecule has 2 heterocycles. The van der Waals surface area contributed by atoms with Crippen LogP contribution in [0.1, 0.15) is 20.9 Å². The lowest BCUT2D eigenvalue weighted by atomic mass is 10.1. The van der Waals surface area contributed by atoms with Gasteiger partial charge < -0.3 is 0 Å². The molecule has 0 unspecified atom stereocenters. The number of thiol groups is 1. The van der Waals surface area contributed by atoms with Gasteiger partial charge in [0.15, 0.2) is 0 Å². The topological polar surface area (TPSA) is 45.8 Å². The summed E-state index contributed by atoms with van der Waals surface area (Å²) in [5.41, 5.74) is 2.34. The van der Waals surface area contributed by atoms with E-state index < -0.39 is 0 Å². The van der Waals surface area contributed by atoms with Crippen molar-refractivity contribution >= 4 is 40.7 Å². The van der Waals surface area contributed by atoms with Crippen LogP contribution in [0.5, 0.6) is 0 Å². The van der Waals surface area contributed by atoms with Gasteiger partial charge in [-0.2, -0.15) is 5.10 Å². The SMILES string of the molecule is Cc1n[nH]c2c(C(=O)c3ccccc3)sc(S)c12. The van der Waals surface area contributed by atoms with Gasteiger partial charge in [-0.25, -0.2) is 0 Å². The minimum Gasteiger partial charge on any atom is -0.288 e. The number of fused-ring (bicyclic) bond motifs is 1. The van der Waals surface area contributed by atoms with Crippen LogP contribution in [0.2, 0.25) is 0 Å². The molecule has 0 saturated carbocycles. The van der Waals surface area contributed by atoms with E-state index in [9.17, 15) is 4.79 Å². The van der Waals surface area contributed by atoms with Crippen LogP contribution in [-0.2, 0) is 0 Å². The fourth-order valence-corrected chi connectivity index (χ4v) is 3.49. The van der Waals surface area contributed by atoms with E-state index in [1.165, 1.54) is 11.3 Å². The molecule has 0 saturated heterocycles. The minimum atomic E-state index is 0.00884. The van der Waals surface area contributed by atoms with Crippen molar-refractivity contribution in [2.75, 3.05) is 0 Å². The number of aryl methyl sites for hydroxylation is 1.